The minimum absolute atomic E-state index is 0.419. The number of hydrogen-bond acceptors (Lipinski definition) is 2. The number of hydrogen-bond donors (Lipinski definition) is 0. The second kappa shape index (κ2) is 4.69. The van der Waals surface area contributed by atoms with Crippen LogP contribution in [0.4, 0.5) is 0 Å². The largest absolute Gasteiger partial charge is 0.534 e. The molecule has 2 saturated heterocycles. The quantitative estimate of drug-likeness (QED) is 0.550. The van der Waals surface area contributed by atoms with E-state index in [1.54, 1.807) is 7.11 Å². The van der Waals surface area contributed by atoms with Crippen molar-refractivity contribution in [3.8, 4) is 0 Å². The smallest absolute Gasteiger partial charge is 0.133 e. The second-order valence-corrected chi connectivity index (χ2v) is 5.07. The van der Waals surface area contributed by atoms with Crippen LogP contribution in [0, 0.1) is 6.04 Å². The van der Waals surface area contributed by atoms with E-state index >= 15 is 0 Å². The Bertz CT molecular complexity index is 405. The molecule has 4 nitrogen and oxygen atoms in total. The molecule has 3 heterocycles. The van der Waals surface area contributed by atoms with Gasteiger partial charge in [-0.1, -0.05) is 24.7 Å². The highest BCUT2D eigenvalue weighted by atomic mass is 16.5. The van der Waals surface area contributed by atoms with Gasteiger partial charge in [-0.2, -0.15) is 6.20 Å². The minimum atomic E-state index is 0.419. The molecule has 18 heavy (non-hydrogen) atoms. The summed E-state index contributed by atoms with van der Waals surface area (Å²) in [4.78, 5) is 2.40. The van der Waals surface area contributed by atoms with Gasteiger partial charge in [0.1, 0.15) is 12.6 Å². The number of ether oxygens (including phenoxy) is 1. The Hall–Kier alpha value is -1.42. The number of nitrogens with zero attached hydrogens (tertiary/aromatic N) is 3. The highest BCUT2D eigenvalue weighted by Crippen LogP contribution is 2.38. The molecule has 0 amide bonds. The lowest BCUT2D eigenvalue weighted by atomic mass is 10.0. The zero-order valence-electron chi connectivity index (χ0n) is 10.9. The van der Waals surface area contributed by atoms with Gasteiger partial charge in [-0.05, 0) is 12.8 Å². The van der Waals surface area contributed by atoms with Gasteiger partial charge in [0.2, 0.25) is 0 Å². The molecule has 98 valence electrons. The monoisotopic (exact) mass is 246 g/mol. The molecule has 0 aromatic rings. The fraction of sp³-hybridized carbons (Fsp3) is 0.571. The zero-order chi connectivity index (χ0) is 12.5. The third-order valence-corrected chi connectivity index (χ3v) is 4.06. The van der Waals surface area contributed by atoms with E-state index in [4.69, 9.17) is 4.74 Å². The van der Waals surface area contributed by atoms with Crippen molar-refractivity contribution in [1.82, 2.24) is 4.90 Å². The SMILES string of the molecule is C=[N+]1CCC2=C(N3CCC(OC)CC3)[N-]C=C[C-]21. The van der Waals surface area contributed by atoms with Crippen LogP contribution in [0.25, 0.3) is 5.32 Å². The lowest BCUT2D eigenvalue weighted by Gasteiger charge is -2.48. The van der Waals surface area contributed by atoms with E-state index in [0.717, 1.165) is 44.7 Å². The van der Waals surface area contributed by atoms with Crippen LogP contribution in [0.1, 0.15) is 19.3 Å². The molecule has 3 aliphatic rings. The first-order valence-corrected chi connectivity index (χ1v) is 6.63. The normalized spacial score (nSPS) is 24.6. The Morgan fingerprint density at radius 3 is 3.00 bits per heavy atom. The fourth-order valence-corrected chi connectivity index (χ4v) is 2.95. The van der Waals surface area contributed by atoms with Crippen LogP contribution in [0.3, 0.4) is 0 Å². The number of rotatable bonds is 2. The van der Waals surface area contributed by atoms with Gasteiger partial charge in [0.25, 0.3) is 0 Å². The number of piperidine rings is 1. The maximum atomic E-state index is 5.42. The van der Waals surface area contributed by atoms with E-state index in [9.17, 15) is 0 Å². The topological polar surface area (TPSA) is 29.6 Å². The average Bonchev–Trinajstić information content (AvgIpc) is 2.81. The molecule has 0 spiro atoms. The van der Waals surface area contributed by atoms with E-state index < -0.39 is 0 Å². The summed E-state index contributed by atoms with van der Waals surface area (Å²) in [6.07, 6.45) is 7.64. The highest BCUT2D eigenvalue weighted by Gasteiger charge is 2.27. The minimum Gasteiger partial charge on any atom is -0.534 e. The summed E-state index contributed by atoms with van der Waals surface area (Å²) in [5.74, 6) is 1.16. The van der Waals surface area contributed by atoms with E-state index in [1.165, 1.54) is 11.6 Å². The number of fused-ring (bicyclic) bond motifs is 1. The van der Waals surface area contributed by atoms with Gasteiger partial charge in [-0.3, -0.25) is 4.58 Å². The molecule has 2 fully saturated rings. The standard InChI is InChI=1S/C14H20N3O/c1-16-8-6-12-13(16)3-7-15-14(12)17-9-4-11(18-2)5-10-17/h3,7,11H,1,4-6,8-10H2,2H3/q-1. The summed E-state index contributed by atoms with van der Waals surface area (Å²) >= 11 is 0. The van der Waals surface area contributed by atoms with Gasteiger partial charge >= 0.3 is 0 Å². The molecule has 0 bridgehead atoms. The Balaban J connectivity index is 1.76. The van der Waals surface area contributed by atoms with E-state index in [1.807, 2.05) is 6.20 Å². The van der Waals surface area contributed by atoms with Crippen molar-refractivity contribution in [3.63, 3.8) is 0 Å². The summed E-state index contributed by atoms with van der Waals surface area (Å²) < 4.78 is 7.49. The predicted octanol–water partition coefficient (Wildman–Crippen LogP) is 1.86. The summed E-state index contributed by atoms with van der Waals surface area (Å²) in [5.41, 5.74) is 1.36. The molecular weight excluding hydrogens is 226 g/mol. The molecule has 0 radical (unpaired) electrons. The molecule has 0 atom stereocenters. The molecule has 0 saturated carbocycles. The molecule has 0 aromatic heterocycles. The van der Waals surface area contributed by atoms with Gasteiger partial charge < -0.3 is 15.0 Å². The van der Waals surface area contributed by atoms with E-state index in [0.29, 0.717) is 6.10 Å². The van der Waals surface area contributed by atoms with E-state index in [-0.39, 0.29) is 0 Å². The van der Waals surface area contributed by atoms with Gasteiger partial charge in [0, 0.05) is 13.5 Å². The molecule has 0 aromatic carbocycles. The Kier molecular flexibility index (Phi) is 3.04. The van der Waals surface area contributed by atoms with Crippen molar-refractivity contribution in [2.45, 2.75) is 25.4 Å². The Morgan fingerprint density at radius 1 is 1.50 bits per heavy atom. The third kappa shape index (κ3) is 1.90. The van der Waals surface area contributed by atoms with Crippen molar-refractivity contribution < 1.29 is 9.31 Å². The molecule has 3 aliphatic heterocycles. The lowest BCUT2D eigenvalue weighted by molar-refractivity contribution is -0.475. The van der Waals surface area contributed by atoms with Gasteiger partial charge in [-0.15, -0.1) is 5.82 Å². The number of methoxy groups -OCH3 is 1. The van der Waals surface area contributed by atoms with Crippen LogP contribution in [-0.4, -0.2) is 49.0 Å². The first kappa shape index (κ1) is 11.7. The molecule has 0 N–H and O–H groups in total. The maximum Gasteiger partial charge on any atom is 0.133 e. The Labute approximate surface area is 109 Å². The molecular formula is C14H20N3O-. The van der Waals surface area contributed by atoms with Crippen LogP contribution < -0.4 is 0 Å². The van der Waals surface area contributed by atoms with Crippen LogP contribution in [0.2, 0.25) is 0 Å². The van der Waals surface area contributed by atoms with Crippen LogP contribution in [-0.2, 0) is 4.74 Å². The predicted molar refractivity (Wildman–Crippen MR) is 71.2 cm³/mol. The van der Waals surface area contributed by atoms with Crippen molar-refractivity contribution in [2.24, 2.45) is 0 Å². The fourth-order valence-electron chi connectivity index (χ4n) is 2.95. The van der Waals surface area contributed by atoms with Crippen LogP contribution in [0.5, 0.6) is 0 Å². The summed E-state index contributed by atoms with van der Waals surface area (Å²) in [7, 11) is 1.80. The van der Waals surface area contributed by atoms with Crippen molar-refractivity contribution in [2.75, 3.05) is 26.7 Å². The lowest BCUT2D eigenvalue weighted by Crippen LogP contribution is -2.36. The first-order valence-electron chi connectivity index (χ1n) is 6.63. The number of likely N-dealkylation sites (tertiary alicyclic amines) is 1. The van der Waals surface area contributed by atoms with Gasteiger partial charge in [0.05, 0.1) is 12.8 Å². The highest BCUT2D eigenvalue weighted by molar-refractivity contribution is 5.47. The average molecular weight is 246 g/mol. The second-order valence-electron chi connectivity index (χ2n) is 5.07. The maximum absolute atomic E-state index is 5.42. The molecule has 3 rings (SSSR count). The third-order valence-electron chi connectivity index (χ3n) is 4.06. The van der Waals surface area contributed by atoms with Crippen molar-refractivity contribution in [1.29, 1.82) is 0 Å². The van der Waals surface area contributed by atoms with E-state index in [2.05, 4.69) is 27.6 Å². The van der Waals surface area contributed by atoms with Crippen molar-refractivity contribution in [3.05, 3.63) is 35.0 Å². The zero-order valence-corrected chi connectivity index (χ0v) is 10.9. The van der Waals surface area contributed by atoms with Gasteiger partial charge in [-0.25, -0.2) is 0 Å². The first-order chi connectivity index (χ1) is 8.79. The van der Waals surface area contributed by atoms with Crippen LogP contribution >= 0.6 is 0 Å². The summed E-state index contributed by atoms with van der Waals surface area (Å²) in [6.45, 7) is 7.14. The van der Waals surface area contributed by atoms with Crippen LogP contribution in [0.15, 0.2) is 23.7 Å². The summed E-state index contributed by atoms with van der Waals surface area (Å²) in [6, 6.07) is 1.24. The molecule has 4 heteroatoms. The molecule has 0 aliphatic carbocycles. The molecule has 0 unspecified atom stereocenters. The Morgan fingerprint density at radius 2 is 2.28 bits per heavy atom. The summed E-state index contributed by atoms with van der Waals surface area (Å²) in [5, 5.41) is 4.59. The van der Waals surface area contributed by atoms with Crippen molar-refractivity contribution >= 4 is 6.72 Å². The van der Waals surface area contributed by atoms with Gasteiger partial charge in [0.15, 0.2) is 0 Å².